The summed E-state index contributed by atoms with van der Waals surface area (Å²) in [6, 6.07) is 7.38. The van der Waals surface area contributed by atoms with Gasteiger partial charge in [0.05, 0.1) is 48.5 Å². The van der Waals surface area contributed by atoms with Crippen molar-refractivity contribution < 1.29 is 23.1 Å². The number of hydrogen-bond acceptors (Lipinski definition) is 8. The number of likely N-dealkylation sites (N-methyl/N-ethyl adjacent to an activating group) is 1. The molecule has 2 amide bonds. The van der Waals surface area contributed by atoms with Gasteiger partial charge in [0.2, 0.25) is 5.88 Å². The topological polar surface area (TPSA) is 96.3 Å². The number of rotatable bonds is 6. The summed E-state index contributed by atoms with van der Waals surface area (Å²) in [6.07, 6.45) is 4.42. The lowest BCUT2D eigenvalue weighted by Gasteiger charge is -2.51. The Kier molecular flexibility index (Phi) is 7.00. The molecule has 5 aliphatic heterocycles. The lowest BCUT2D eigenvalue weighted by molar-refractivity contribution is -0.133. The SMILES string of the molecule is C=C(F)C(=O)N1CC2C(=O)N(C)c3c(OCC45CCCN4C[C@H](F)C5)nc4c(c3N2C[C@@H]1CC#N)CCN(c1cccc2c1C1CC1C2)C4. The fourth-order valence-electron chi connectivity index (χ4n) is 10.0. The Morgan fingerprint density at radius 2 is 2.08 bits per heavy atom. The Morgan fingerprint density at radius 1 is 1.22 bits per heavy atom. The number of amides is 2. The first-order valence-corrected chi connectivity index (χ1v) is 17.7. The molecule has 256 valence electrons. The molecule has 4 fully saturated rings. The predicted molar refractivity (Wildman–Crippen MR) is 179 cm³/mol. The van der Waals surface area contributed by atoms with Gasteiger partial charge in [-0.05, 0) is 67.7 Å². The lowest BCUT2D eigenvalue weighted by atomic mass is 9.92. The maximum absolute atomic E-state index is 14.7. The van der Waals surface area contributed by atoms with Gasteiger partial charge < -0.3 is 24.3 Å². The number of nitrogens with zero attached hydrogens (tertiary/aromatic N) is 7. The fraction of sp³-hybridized carbons (Fsp3) is 0.568. The Hall–Kier alpha value is -4.24. The van der Waals surface area contributed by atoms with Crippen LogP contribution in [0.4, 0.5) is 25.8 Å². The highest BCUT2D eigenvalue weighted by Crippen LogP contribution is 2.59. The van der Waals surface area contributed by atoms with Crippen LogP contribution in [0.3, 0.4) is 0 Å². The monoisotopic (exact) mass is 669 g/mol. The molecule has 0 N–H and O–H groups in total. The van der Waals surface area contributed by atoms with Gasteiger partial charge in [-0.3, -0.25) is 14.5 Å². The number of nitriles is 1. The largest absolute Gasteiger partial charge is 0.474 e. The summed E-state index contributed by atoms with van der Waals surface area (Å²) < 4.78 is 35.6. The van der Waals surface area contributed by atoms with Gasteiger partial charge in [-0.25, -0.2) is 13.8 Å². The third-order valence-corrected chi connectivity index (χ3v) is 12.5. The van der Waals surface area contributed by atoms with Crippen molar-refractivity contribution >= 4 is 28.9 Å². The van der Waals surface area contributed by atoms with Crippen LogP contribution in [0.25, 0.3) is 0 Å². The number of pyridine rings is 1. The van der Waals surface area contributed by atoms with E-state index in [2.05, 4.69) is 40.6 Å². The molecule has 0 radical (unpaired) electrons. The number of hydrogen-bond donors (Lipinski definition) is 0. The van der Waals surface area contributed by atoms with Crippen LogP contribution < -0.4 is 19.4 Å². The Labute approximate surface area is 284 Å². The van der Waals surface area contributed by atoms with Crippen LogP contribution in [0.5, 0.6) is 5.88 Å². The van der Waals surface area contributed by atoms with E-state index in [0.717, 1.165) is 55.2 Å². The van der Waals surface area contributed by atoms with Gasteiger partial charge in [-0.2, -0.15) is 5.26 Å². The Morgan fingerprint density at radius 3 is 2.90 bits per heavy atom. The van der Waals surface area contributed by atoms with Crippen molar-refractivity contribution in [2.45, 2.75) is 81.2 Å². The van der Waals surface area contributed by atoms with Crippen LogP contribution >= 0.6 is 0 Å². The predicted octanol–water partition coefficient (Wildman–Crippen LogP) is 4.02. The first kappa shape index (κ1) is 30.8. The van der Waals surface area contributed by atoms with Crippen molar-refractivity contribution in [2.24, 2.45) is 5.92 Å². The van der Waals surface area contributed by atoms with Gasteiger partial charge in [0.25, 0.3) is 11.8 Å². The molecular formula is C37H41F2N7O3. The maximum atomic E-state index is 14.7. The van der Waals surface area contributed by atoms with E-state index < -0.39 is 35.5 Å². The van der Waals surface area contributed by atoms with Gasteiger partial charge >= 0.3 is 0 Å². The van der Waals surface area contributed by atoms with Crippen molar-refractivity contribution in [2.75, 3.05) is 61.1 Å². The molecular weight excluding hydrogens is 628 g/mol. The number of piperazine rings is 1. The molecule has 6 atom stereocenters. The number of aromatic nitrogens is 1. The first-order chi connectivity index (χ1) is 23.7. The van der Waals surface area contributed by atoms with E-state index >= 15 is 0 Å². The second-order valence-corrected chi connectivity index (χ2v) is 15.2. The zero-order valence-electron chi connectivity index (χ0n) is 27.8. The maximum Gasteiger partial charge on any atom is 0.282 e. The summed E-state index contributed by atoms with van der Waals surface area (Å²) >= 11 is 0. The first-order valence-electron chi connectivity index (χ1n) is 17.7. The second kappa shape index (κ2) is 11.1. The van der Waals surface area contributed by atoms with Gasteiger partial charge in [0, 0.05) is 44.4 Å². The number of halogens is 2. The van der Waals surface area contributed by atoms with Gasteiger partial charge in [-0.15, -0.1) is 0 Å². The zero-order chi connectivity index (χ0) is 33.8. The van der Waals surface area contributed by atoms with E-state index in [1.807, 2.05) is 4.90 Å². The highest BCUT2D eigenvalue weighted by molar-refractivity contribution is 6.08. The minimum absolute atomic E-state index is 0.0178. The molecule has 1 aromatic heterocycles. The van der Waals surface area contributed by atoms with Crippen LogP contribution in [-0.4, -0.2) is 96.8 Å². The summed E-state index contributed by atoms with van der Waals surface area (Å²) in [5.41, 5.74) is 7.09. The minimum atomic E-state index is -1.11. The van der Waals surface area contributed by atoms with Crippen LogP contribution in [-0.2, 0) is 29.0 Å². The third-order valence-electron chi connectivity index (χ3n) is 12.5. The van der Waals surface area contributed by atoms with E-state index in [4.69, 9.17) is 9.72 Å². The molecule has 7 aliphatic rings. The number of ether oxygens (including phenoxy) is 1. The summed E-state index contributed by atoms with van der Waals surface area (Å²) in [7, 11) is 1.70. The molecule has 1 aromatic carbocycles. The number of carbonyl (C=O) groups excluding carboxylic acids is 2. The molecule has 2 aliphatic carbocycles. The average molecular weight is 670 g/mol. The van der Waals surface area contributed by atoms with Gasteiger partial charge in [0.1, 0.15) is 24.5 Å². The number of fused-ring (bicyclic) bond motifs is 9. The molecule has 2 aromatic rings. The highest BCUT2D eigenvalue weighted by Gasteiger charge is 2.52. The van der Waals surface area contributed by atoms with Crippen LogP contribution in [0.2, 0.25) is 0 Å². The molecule has 1 saturated carbocycles. The van der Waals surface area contributed by atoms with Crippen LogP contribution in [0.15, 0.2) is 30.6 Å². The molecule has 4 unspecified atom stereocenters. The highest BCUT2D eigenvalue weighted by atomic mass is 19.1. The summed E-state index contributed by atoms with van der Waals surface area (Å²) in [6.45, 7) is 6.18. The van der Waals surface area contributed by atoms with Crippen molar-refractivity contribution in [1.29, 1.82) is 5.26 Å². The molecule has 12 heteroatoms. The van der Waals surface area contributed by atoms with Gasteiger partial charge in [0.15, 0.2) is 5.83 Å². The smallest absolute Gasteiger partial charge is 0.282 e. The fourth-order valence-corrected chi connectivity index (χ4v) is 10.0. The molecule has 49 heavy (non-hydrogen) atoms. The van der Waals surface area contributed by atoms with E-state index in [0.29, 0.717) is 43.4 Å². The quantitative estimate of drug-likeness (QED) is 0.426. The lowest BCUT2D eigenvalue weighted by Crippen LogP contribution is -2.66. The average Bonchev–Trinajstić information content (AvgIpc) is 3.42. The number of alkyl halides is 1. The summed E-state index contributed by atoms with van der Waals surface area (Å²) in [4.78, 5) is 41.7. The normalized spacial score (nSPS) is 31.0. The molecule has 10 nitrogen and oxygen atoms in total. The Bertz CT molecular complexity index is 1830. The van der Waals surface area contributed by atoms with Crippen molar-refractivity contribution in [3.63, 3.8) is 0 Å². The molecule has 9 rings (SSSR count). The second-order valence-electron chi connectivity index (χ2n) is 15.2. The minimum Gasteiger partial charge on any atom is -0.474 e. The summed E-state index contributed by atoms with van der Waals surface area (Å²) in [5, 5.41) is 9.71. The van der Waals surface area contributed by atoms with Crippen LogP contribution in [0.1, 0.15) is 60.4 Å². The van der Waals surface area contributed by atoms with Crippen LogP contribution in [0, 0.1) is 17.2 Å². The molecule has 3 saturated heterocycles. The zero-order valence-corrected chi connectivity index (χ0v) is 27.8. The van der Waals surface area contributed by atoms with Crippen molar-refractivity contribution in [3.8, 4) is 11.9 Å². The van der Waals surface area contributed by atoms with Gasteiger partial charge in [-0.1, -0.05) is 18.7 Å². The van der Waals surface area contributed by atoms with E-state index in [9.17, 15) is 23.6 Å². The van der Waals surface area contributed by atoms with E-state index in [-0.39, 0.29) is 32.0 Å². The van der Waals surface area contributed by atoms with Crippen molar-refractivity contribution in [3.05, 3.63) is 53.0 Å². The van der Waals surface area contributed by atoms with E-state index in [1.54, 1.807) is 11.9 Å². The Balaban J connectivity index is 1.13. The molecule has 0 spiro atoms. The molecule has 6 heterocycles. The third kappa shape index (κ3) is 4.68. The summed E-state index contributed by atoms with van der Waals surface area (Å²) in [5.74, 6) is -0.523. The standard InChI is InChI=1S/C37H41F2N7O3/c1-21(38)35(47)45-19-30-36(48)42(2)33-32(46(30)17-25(45)7-10-40)26-8-12-43(29-6-3-5-22-13-23-14-27(23)31(22)29)18-28(26)41-34(33)49-20-37-9-4-11-44(37)16-24(39)15-37/h3,5-6,23-25,27,30H,1,4,7-9,11-20H2,2H3/t23?,24-,25+,27?,30?,37?/m1/s1. The molecule has 0 bridgehead atoms. The number of anilines is 3. The van der Waals surface area contributed by atoms with E-state index in [1.165, 1.54) is 28.1 Å². The number of carbonyl (C=O) groups is 2. The number of benzene rings is 1. The van der Waals surface area contributed by atoms with Crippen molar-refractivity contribution in [1.82, 2.24) is 14.8 Å².